The molecule has 4 rings (SSSR count). The summed E-state index contributed by atoms with van der Waals surface area (Å²) in [5, 5.41) is 7.54. The van der Waals surface area contributed by atoms with Gasteiger partial charge in [-0.1, -0.05) is 18.2 Å². The van der Waals surface area contributed by atoms with Crippen molar-refractivity contribution in [3.8, 4) is 16.9 Å². The number of fused-ring (bicyclic) bond motifs is 1. The van der Waals surface area contributed by atoms with Gasteiger partial charge >= 0.3 is 0 Å². The zero-order valence-electron chi connectivity index (χ0n) is 17.0. The fourth-order valence-corrected chi connectivity index (χ4v) is 3.43. The minimum Gasteiger partial charge on any atom is -0.497 e. The van der Waals surface area contributed by atoms with Gasteiger partial charge in [0.25, 0.3) is 0 Å². The maximum absolute atomic E-state index is 13.2. The van der Waals surface area contributed by atoms with Crippen LogP contribution in [0.15, 0.2) is 65.7 Å². The number of ether oxygens (including phenoxy) is 1. The predicted molar refractivity (Wildman–Crippen MR) is 117 cm³/mol. The zero-order valence-corrected chi connectivity index (χ0v) is 17.0. The lowest BCUT2D eigenvalue weighted by Gasteiger charge is -2.14. The predicted octanol–water partition coefficient (Wildman–Crippen LogP) is 3.36. The summed E-state index contributed by atoms with van der Waals surface area (Å²) in [5.74, 6) is 0.977. The van der Waals surface area contributed by atoms with E-state index in [1.807, 2.05) is 54.0 Å². The Kier molecular flexibility index (Phi) is 5.10. The van der Waals surface area contributed by atoms with Crippen LogP contribution in [-0.2, 0) is 18.4 Å². The van der Waals surface area contributed by atoms with Crippen LogP contribution in [-0.4, -0.2) is 27.4 Å². The highest BCUT2D eigenvalue weighted by Gasteiger charge is 2.14. The Balaban J connectivity index is 1.78. The van der Waals surface area contributed by atoms with Gasteiger partial charge in [-0.3, -0.25) is 14.3 Å². The van der Waals surface area contributed by atoms with Gasteiger partial charge < -0.3 is 14.6 Å². The lowest BCUT2D eigenvalue weighted by atomic mass is 10.0. The van der Waals surface area contributed by atoms with Crippen molar-refractivity contribution in [1.29, 1.82) is 0 Å². The number of aromatic nitrogens is 3. The standard InChI is InChI=1S/C23H22N4O3/c1-15-4-9-18-20(12-15)27(14-22(28)24-21-10-11-26(2)25-21)13-19(23(18)29)16-5-7-17(30-3)8-6-16/h4-13H,14H2,1-3H3,(H,24,25,28). The van der Waals surface area contributed by atoms with E-state index in [4.69, 9.17) is 4.74 Å². The summed E-state index contributed by atoms with van der Waals surface area (Å²) in [5.41, 5.74) is 2.95. The van der Waals surface area contributed by atoms with E-state index >= 15 is 0 Å². The maximum Gasteiger partial charge on any atom is 0.245 e. The Bertz CT molecular complexity index is 1290. The molecule has 7 nitrogen and oxygen atoms in total. The van der Waals surface area contributed by atoms with Crippen LogP contribution < -0.4 is 15.5 Å². The van der Waals surface area contributed by atoms with Crippen molar-refractivity contribution in [3.63, 3.8) is 0 Å². The molecular formula is C23H22N4O3. The molecule has 2 aromatic carbocycles. The van der Waals surface area contributed by atoms with E-state index < -0.39 is 0 Å². The van der Waals surface area contributed by atoms with Crippen molar-refractivity contribution in [2.45, 2.75) is 13.5 Å². The molecule has 0 fully saturated rings. The average Bonchev–Trinajstić information content (AvgIpc) is 3.14. The van der Waals surface area contributed by atoms with E-state index in [2.05, 4.69) is 10.4 Å². The van der Waals surface area contributed by atoms with Gasteiger partial charge in [-0.25, -0.2) is 0 Å². The molecule has 1 amide bonds. The van der Waals surface area contributed by atoms with Crippen molar-refractivity contribution in [1.82, 2.24) is 14.3 Å². The SMILES string of the molecule is COc1ccc(-c2cn(CC(=O)Nc3ccn(C)n3)c3cc(C)ccc3c2=O)cc1. The Morgan fingerprint density at radius 3 is 2.57 bits per heavy atom. The molecule has 1 N–H and O–H groups in total. The number of nitrogens with zero attached hydrogens (tertiary/aromatic N) is 3. The second-order valence-electron chi connectivity index (χ2n) is 7.17. The van der Waals surface area contributed by atoms with Crippen LogP contribution in [0.3, 0.4) is 0 Å². The number of amides is 1. The monoisotopic (exact) mass is 402 g/mol. The minimum absolute atomic E-state index is 0.0555. The third kappa shape index (κ3) is 3.82. The number of carbonyl (C=O) groups is 1. The first kappa shape index (κ1) is 19.4. The van der Waals surface area contributed by atoms with E-state index in [0.717, 1.165) is 11.1 Å². The Labute approximate surface area is 173 Å². The second kappa shape index (κ2) is 7.87. The molecule has 0 saturated carbocycles. The van der Waals surface area contributed by atoms with E-state index in [9.17, 15) is 9.59 Å². The normalized spacial score (nSPS) is 10.9. The summed E-state index contributed by atoms with van der Waals surface area (Å²) in [7, 11) is 3.38. The molecule has 152 valence electrons. The number of pyridine rings is 1. The maximum atomic E-state index is 13.2. The van der Waals surface area contributed by atoms with Gasteiger partial charge in [-0.2, -0.15) is 5.10 Å². The number of rotatable bonds is 5. The highest BCUT2D eigenvalue weighted by atomic mass is 16.5. The smallest absolute Gasteiger partial charge is 0.245 e. The Morgan fingerprint density at radius 2 is 1.90 bits per heavy atom. The largest absolute Gasteiger partial charge is 0.497 e. The van der Waals surface area contributed by atoms with Gasteiger partial charge in [-0.05, 0) is 42.3 Å². The molecule has 0 bridgehead atoms. The third-order valence-corrected chi connectivity index (χ3v) is 4.93. The van der Waals surface area contributed by atoms with Crippen LogP contribution in [0.2, 0.25) is 0 Å². The summed E-state index contributed by atoms with van der Waals surface area (Å²) in [6.45, 7) is 2.01. The second-order valence-corrected chi connectivity index (χ2v) is 7.17. The quantitative estimate of drug-likeness (QED) is 0.555. The van der Waals surface area contributed by atoms with Crippen molar-refractivity contribution in [2.24, 2.45) is 7.05 Å². The molecular weight excluding hydrogens is 380 g/mol. The molecule has 0 aliphatic rings. The highest BCUT2D eigenvalue weighted by Crippen LogP contribution is 2.23. The first-order chi connectivity index (χ1) is 14.4. The number of anilines is 1. The van der Waals surface area contributed by atoms with Gasteiger partial charge in [0.1, 0.15) is 12.3 Å². The van der Waals surface area contributed by atoms with Crippen molar-refractivity contribution >= 4 is 22.6 Å². The molecule has 0 aliphatic carbocycles. The molecule has 0 spiro atoms. The third-order valence-electron chi connectivity index (χ3n) is 4.93. The summed E-state index contributed by atoms with van der Waals surface area (Å²) in [6, 6.07) is 14.7. The van der Waals surface area contributed by atoms with E-state index in [1.54, 1.807) is 37.3 Å². The van der Waals surface area contributed by atoms with Gasteiger partial charge in [0, 0.05) is 36.5 Å². The number of carbonyl (C=O) groups excluding carboxylic acids is 1. The van der Waals surface area contributed by atoms with Crippen LogP contribution in [0.5, 0.6) is 5.75 Å². The van der Waals surface area contributed by atoms with Crippen molar-refractivity contribution in [2.75, 3.05) is 12.4 Å². The Morgan fingerprint density at radius 1 is 1.13 bits per heavy atom. The van der Waals surface area contributed by atoms with Crippen molar-refractivity contribution in [3.05, 3.63) is 76.7 Å². The molecule has 0 radical (unpaired) electrons. The van der Waals surface area contributed by atoms with E-state index in [0.29, 0.717) is 28.0 Å². The van der Waals surface area contributed by atoms with Crippen LogP contribution in [0.4, 0.5) is 5.82 Å². The van der Waals surface area contributed by atoms with Crippen LogP contribution in [0.25, 0.3) is 22.0 Å². The lowest BCUT2D eigenvalue weighted by molar-refractivity contribution is -0.116. The van der Waals surface area contributed by atoms with Gasteiger partial charge in [0.2, 0.25) is 5.91 Å². The zero-order chi connectivity index (χ0) is 21.3. The Hall–Kier alpha value is -3.87. The van der Waals surface area contributed by atoms with Gasteiger partial charge in [0.05, 0.1) is 12.6 Å². The number of methoxy groups -OCH3 is 1. The molecule has 7 heteroatoms. The summed E-state index contributed by atoms with van der Waals surface area (Å²) in [4.78, 5) is 25.8. The molecule has 0 atom stereocenters. The topological polar surface area (TPSA) is 78.2 Å². The van der Waals surface area contributed by atoms with Crippen LogP contribution in [0.1, 0.15) is 5.56 Å². The molecule has 4 aromatic rings. The summed E-state index contributed by atoms with van der Waals surface area (Å²) < 4.78 is 8.64. The number of hydrogen-bond acceptors (Lipinski definition) is 4. The lowest BCUT2D eigenvalue weighted by Crippen LogP contribution is -2.21. The molecule has 0 aliphatic heterocycles. The average molecular weight is 402 g/mol. The van der Waals surface area contributed by atoms with Crippen LogP contribution >= 0.6 is 0 Å². The summed E-state index contributed by atoms with van der Waals surface area (Å²) >= 11 is 0. The fraction of sp³-hybridized carbons (Fsp3) is 0.174. The molecule has 2 aromatic heterocycles. The van der Waals surface area contributed by atoms with Gasteiger partial charge in [-0.15, -0.1) is 0 Å². The minimum atomic E-state index is -0.221. The van der Waals surface area contributed by atoms with Gasteiger partial charge in [0.15, 0.2) is 11.2 Å². The summed E-state index contributed by atoms with van der Waals surface area (Å²) in [6.07, 6.45) is 3.50. The fourth-order valence-electron chi connectivity index (χ4n) is 3.43. The van der Waals surface area contributed by atoms with Crippen LogP contribution in [0, 0.1) is 6.92 Å². The van der Waals surface area contributed by atoms with Crippen molar-refractivity contribution < 1.29 is 9.53 Å². The number of nitrogens with one attached hydrogen (secondary N) is 1. The van der Waals surface area contributed by atoms with E-state index in [1.165, 1.54) is 0 Å². The first-order valence-electron chi connectivity index (χ1n) is 9.52. The molecule has 0 saturated heterocycles. The number of hydrogen-bond donors (Lipinski definition) is 1. The molecule has 2 heterocycles. The first-order valence-corrected chi connectivity index (χ1v) is 9.52. The molecule has 30 heavy (non-hydrogen) atoms. The highest BCUT2D eigenvalue weighted by molar-refractivity contribution is 5.92. The van der Waals surface area contributed by atoms with E-state index in [-0.39, 0.29) is 17.9 Å². The number of aryl methyl sites for hydroxylation is 2. The molecule has 0 unspecified atom stereocenters. The number of benzene rings is 2.